The van der Waals surface area contributed by atoms with Gasteiger partial charge in [0.15, 0.2) is 0 Å². The lowest BCUT2D eigenvalue weighted by Crippen LogP contribution is -2.03. The monoisotopic (exact) mass is 256 g/mol. The summed E-state index contributed by atoms with van der Waals surface area (Å²) in [5.41, 5.74) is 0.536. The van der Waals surface area contributed by atoms with E-state index in [1.807, 2.05) is 0 Å². The Bertz CT molecular complexity index is 503. The Morgan fingerprint density at radius 1 is 1.00 bits per heavy atom. The molecule has 2 rings (SSSR count). The lowest BCUT2D eigenvalue weighted by molar-refractivity contribution is -0.137. The zero-order chi connectivity index (χ0) is 12.5. The fourth-order valence-corrected chi connectivity index (χ4v) is 1.45. The Kier molecular flexibility index (Phi) is 3.07. The molecule has 2 aromatic rings. The van der Waals surface area contributed by atoms with Crippen molar-refractivity contribution in [3.05, 3.63) is 53.3 Å². The maximum Gasteiger partial charge on any atom is 0.416 e. The number of pyridine rings is 1. The Balaban J connectivity index is 2.33. The number of hydrogen-bond donors (Lipinski definition) is 0. The van der Waals surface area contributed by atoms with Gasteiger partial charge in [0.25, 0.3) is 0 Å². The van der Waals surface area contributed by atoms with E-state index in [4.69, 9.17) is 11.6 Å². The average molecular weight is 257 g/mol. The van der Waals surface area contributed by atoms with Crippen LogP contribution in [0.15, 0.2) is 36.4 Å². The van der Waals surface area contributed by atoms with E-state index in [1.165, 1.54) is 12.1 Å². The zero-order valence-corrected chi connectivity index (χ0v) is 9.18. The minimum Gasteiger partial charge on any atom is -0.234 e. The van der Waals surface area contributed by atoms with Gasteiger partial charge in [-0.25, -0.2) is 4.98 Å². The smallest absolute Gasteiger partial charge is 0.234 e. The van der Waals surface area contributed by atoms with Crippen molar-refractivity contribution in [3.8, 4) is 11.1 Å². The van der Waals surface area contributed by atoms with Crippen LogP contribution in [0, 0.1) is 6.20 Å². The van der Waals surface area contributed by atoms with E-state index in [-0.39, 0.29) is 0 Å². The van der Waals surface area contributed by atoms with Crippen LogP contribution in [-0.4, -0.2) is 4.98 Å². The summed E-state index contributed by atoms with van der Waals surface area (Å²) >= 11 is 5.59. The van der Waals surface area contributed by atoms with E-state index in [9.17, 15) is 13.2 Å². The molecule has 0 amide bonds. The maximum absolute atomic E-state index is 12.3. The Morgan fingerprint density at radius 3 is 2.12 bits per heavy atom. The summed E-state index contributed by atoms with van der Waals surface area (Å²) in [7, 11) is 0. The lowest BCUT2D eigenvalue weighted by atomic mass is 10.1. The van der Waals surface area contributed by atoms with Crippen LogP contribution in [0.5, 0.6) is 0 Å². The molecule has 0 aliphatic heterocycles. The van der Waals surface area contributed by atoms with E-state index in [0.717, 1.165) is 12.1 Å². The molecule has 0 bridgehead atoms. The van der Waals surface area contributed by atoms with Gasteiger partial charge >= 0.3 is 6.18 Å². The summed E-state index contributed by atoms with van der Waals surface area (Å²) in [5.74, 6) is 0. The second-order valence-corrected chi connectivity index (χ2v) is 3.76. The molecule has 17 heavy (non-hydrogen) atoms. The third-order valence-corrected chi connectivity index (χ3v) is 2.40. The van der Waals surface area contributed by atoms with Crippen LogP contribution in [0.4, 0.5) is 13.2 Å². The molecule has 0 aliphatic carbocycles. The van der Waals surface area contributed by atoms with Crippen molar-refractivity contribution in [2.75, 3.05) is 0 Å². The fraction of sp³-hybridized carbons (Fsp3) is 0.0833. The molecule has 0 spiro atoms. The highest BCUT2D eigenvalue weighted by Crippen LogP contribution is 2.30. The number of hydrogen-bond acceptors (Lipinski definition) is 1. The molecular formula is C12H6ClF3N. The van der Waals surface area contributed by atoms with Crippen LogP contribution >= 0.6 is 11.6 Å². The highest BCUT2D eigenvalue weighted by Gasteiger charge is 2.29. The summed E-state index contributed by atoms with van der Waals surface area (Å²) in [6, 6.07) is 8.02. The third kappa shape index (κ3) is 2.77. The highest BCUT2D eigenvalue weighted by atomic mass is 35.5. The first-order valence-electron chi connectivity index (χ1n) is 4.69. The first-order valence-corrected chi connectivity index (χ1v) is 5.06. The molecule has 0 N–H and O–H groups in total. The van der Waals surface area contributed by atoms with Crippen LogP contribution in [0.25, 0.3) is 11.1 Å². The molecular weight excluding hydrogens is 251 g/mol. The summed E-state index contributed by atoms with van der Waals surface area (Å²) in [5, 5.41) is 0.292. The van der Waals surface area contributed by atoms with Gasteiger partial charge in [-0.1, -0.05) is 23.7 Å². The number of aromatic nitrogens is 1. The summed E-state index contributed by atoms with van der Waals surface area (Å²) in [4.78, 5) is 3.74. The molecule has 1 nitrogen and oxygen atoms in total. The predicted octanol–water partition coefficient (Wildman–Crippen LogP) is 4.22. The number of halogens is 4. The van der Waals surface area contributed by atoms with Gasteiger partial charge in [0.2, 0.25) is 0 Å². The van der Waals surface area contributed by atoms with Crippen molar-refractivity contribution in [1.82, 2.24) is 4.98 Å². The second kappa shape index (κ2) is 4.37. The Morgan fingerprint density at radius 2 is 1.65 bits per heavy atom. The van der Waals surface area contributed by atoms with Crippen molar-refractivity contribution in [1.29, 1.82) is 0 Å². The number of alkyl halides is 3. The van der Waals surface area contributed by atoms with Gasteiger partial charge in [-0.2, -0.15) is 13.2 Å². The van der Waals surface area contributed by atoms with Crippen LogP contribution < -0.4 is 0 Å². The van der Waals surface area contributed by atoms with Gasteiger partial charge in [0.05, 0.1) is 11.8 Å². The molecule has 0 unspecified atom stereocenters. The van der Waals surface area contributed by atoms with Crippen molar-refractivity contribution in [2.45, 2.75) is 6.18 Å². The summed E-state index contributed by atoms with van der Waals surface area (Å²) in [6.45, 7) is 0. The standard InChI is InChI=1S/C12H6ClF3N/c13-11-6-3-9(7-17-11)8-1-4-10(5-2-8)12(14,15)16/h1-6H. The van der Waals surface area contributed by atoms with Crippen molar-refractivity contribution in [2.24, 2.45) is 0 Å². The molecule has 87 valence electrons. The Hall–Kier alpha value is -1.55. The SMILES string of the molecule is FC(F)(F)c1ccc(-c2[c]nc(Cl)cc2)cc1. The zero-order valence-electron chi connectivity index (χ0n) is 8.42. The van der Waals surface area contributed by atoms with Gasteiger partial charge in [-0.05, 0) is 29.8 Å². The summed E-state index contributed by atoms with van der Waals surface area (Å²) in [6.07, 6.45) is -1.67. The van der Waals surface area contributed by atoms with Gasteiger partial charge in [-0.15, -0.1) is 0 Å². The van der Waals surface area contributed by atoms with E-state index < -0.39 is 11.7 Å². The van der Waals surface area contributed by atoms with Crippen LogP contribution in [0.2, 0.25) is 5.15 Å². The number of rotatable bonds is 1. The highest BCUT2D eigenvalue weighted by molar-refractivity contribution is 6.29. The quantitative estimate of drug-likeness (QED) is 0.696. The summed E-state index contributed by atoms with van der Waals surface area (Å²) < 4.78 is 37.0. The largest absolute Gasteiger partial charge is 0.416 e. The number of benzene rings is 1. The van der Waals surface area contributed by atoms with Crippen LogP contribution in [-0.2, 0) is 6.18 Å². The molecule has 5 heteroatoms. The average Bonchev–Trinajstić information content (AvgIpc) is 2.29. The molecule has 0 saturated heterocycles. The second-order valence-electron chi connectivity index (χ2n) is 3.37. The Labute approximate surface area is 101 Å². The number of nitrogens with zero attached hydrogens (tertiary/aromatic N) is 1. The molecule has 0 saturated carbocycles. The van der Waals surface area contributed by atoms with Gasteiger partial charge < -0.3 is 0 Å². The molecule has 1 heterocycles. The van der Waals surface area contributed by atoms with E-state index in [2.05, 4.69) is 11.2 Å². The molecule has 0 aliphatic rings. The van der Waals surface area contributed by atoms with E-state index in [0.29, 0.717) is 16.3 Å². The van der Waals surface area contributed by atoms with Gasteiger partial charge in [0, 0.05) is 5.56 Å². The maximum atomic E-state index is 12.3. The normalized spacial score (nSPS) is 11.5. The first-order chi connectivity index (χ1) is 7.97. The van der Waals surface area contributed by atoms with Gasteiger partial charge in [-0.3, -0.25) is 0 Å². The van der Waals surface area contributed by atoms with Crippen molar-refractivity contribution in [3.63, 3.8) is 0 Å². The van der Waals surface area contributed by atoms with Crippen molar-refractivity contribution < 1.29 is 13.2 Å². The minimum absolute atomic E-state index is 0.292. The molecule has 1 aromatic heterocycles. The molecule has 0 fully saturated rings. The van der Waals surface area contributed by atoms with Crippen LogP contribution in [0.1, 0.15) is 5.56 Å². The topological polar surface area (TPSA) is 12.9 Å². The molecule has 1 radical (unpaired) electrons. The van der Waals surface area contributed by atoms with Crippen molar-refractivity contribution >= 4 is 11.6 Å². The predicted molar refractivity (Wildman–Crippen MR) is 58.5 cm³/mol. The molecule has 0 atom stereocenters. The fourth-order valence-electron chi connectivity index (χ4n) is 1.34. The molecule has 1 aromatic carbocycles. The van der Waals surface area contributed by atoms with Gasteiger partial charge in [0.1, 0.15) is 5.15 Å². The third-order valence-electron chi connectivity index (χ3n) is 2.19. The van der Waals surface area contributed by atoms with Crippen LogP contribution in [0.3, 0.4) is 0 Å². The minimum atomic E-state index is -4.32. The van der Waals surface area contributed by atoms with E-state index >= 15 is 0 Å². The lowest BCUT2D eigenvalue weighted by Gasteiger charge is -2.07. The first kappa shape index (κ1) is 11.9. The van der Waals surface area contributed by atoms with E-state index in [1.54, 1.807) is 12.1 Å².